The second kappa shape index (κ2) is 10.9. The van der Waals surface area contributed by atoms with Crippen LogP contribution >= 0.6 is 0 Å². The second-order valence-electron chi connectivity index (χ2n) is 6.23. The Kier molecular flexibility index (Phi) is 8.34. The van der Waals surface area contributed by atoms with Crippen LogP contribution in [-0.2, 0) is 4.79 Å². The van der Waals surface area contributed by atoms with Gasteiger partial charge in [0.25, 0.3) is 5.91 Å². The lowest BCUT2D eigenvalue weighted by molar-refractivity contribution is -0.123. The summed E-state index contributed by atoms with van der Waals surface area (Å²) in [7, 11) is 1.45. The highest BCUT2D eigenvalue weighted by molar-refractivity contribution is 6.08. The van der Waals surface area contributed by atoms with E-state index in [1.165, 1.54) is 31.4 Å². The van der Waals surface area contributed by atoms with Crippen LogP contribution in [0, 0.1) is 6.92 Å². The largest absolute Gasteiger partial charge is 0.493 e. The minimum absolute atomic E-state index is 0.0420. The molecule has 6 nitrogen and oxygen atoms in total. The molecule has 0 radical (unpaired) electrons. The number of benzene rings is 2. The van der Waals surface area contributed by atoms with Crippen molar-refractivity contribution >= 4 is 17.8 Å². The molecule has 0 heterocycles. The molecule has 0 aromatic heterocycles. The number of nitrogens with one attached hydrogen (secondary N) is 1. The number of methoxy groups -OCH3 is 1. The highest BCUT2D eigenvalue weighted by Gasteiger charge is 2.14. The van der Waals surface area contributed by atoms with E-state index in [1.54, 1.807) is 38.1 Å². The monoisotopic (exact) mass is 419 g/mol. The number of allylic oxidation sites excluding steroid dienone is 1. The Labute approximate surface area is 173 Å². The van der Waals surface area contributed by atoms with E-state index in [9.17, 15) is 18.4 Å². The number of carbonyl (C=O) groups is 2. The Hall–Kier alpha value is -3.42. The lowest BCUT2D eigenvalue weighted by Crippen LogP contribution is -2.28. The van der Waals surface area contributed by atoms with E-state index in [2.05, 4.69) is 10.1 Å². The molecule has 2 rings (SSSR count). The standard InChI is InChI=1S/C22H23F2NO5/c1-4-25-21(27)13-29-19-10-7-15(12-20(19)28-3)6-8-17(26)16-11-14(2)5-9-18(16)30-22(23)24/h5-12,22H,4,13H2,1-3H3,(H,25,27)/b8-6+. The van der Waals surface area contributed by atoms with Crippen LogP contribution in [0.3, 0.4) is 0 Å². The van der Waals surface area contributed by atoms with Gasteiger partial charge in [0.1, 0.15) is 5.75 Å². The Morgan fingerprint density at radius 2 is 1.83 bits per heavy atom. The molecule has 0 unspecified atom stereocenters. The smallest absolute Gasteiger partial charge is 0.387 e. The number of ether oxygens (including phenoxy) is 3. The molecule has 0 saturated heterocycles. The Morgan fingerprint density at radius 1 is 1.10 bits per heavy atom. The average Bonchev–Trinajstić information content (AvgIpc) is 2.71. The van der Waals surface area contributed by atoms with Gasteiger partial charge in [0.2, 0.25) is 0 Å². The number of carbonyl (C=O) groups excluding carboxylic acids is 2. The van der Waals surface area contributed by atoms with Crippen LogP contribution in [-0.4, -0.2) is 38.6 Å². The summed E-state index contributed by atoms with van der Waals surface area (Å²) in [6, 6.07) is 9.33. The predicted octanol–water partition coefficient (Wildman–Crippen LogP) is 4.02. The van der Waals surface area contributed by atoms with Crippen molar-refractivity contribution in [2.45, 2.75) is 20.5 Å². The maximum absolute atomic E-state index is 12.6. The number of amides is 1. The fourth-order valence-electron chi connectivity index (χ4n) is 2.60. The van der Waals surface area contributed by atoms with Crippen LogP contribution in [0.5, 0.6) is 17.2 Å². The van der Waals surface area contributed by atoms with Gasteiger partial charge in [-0.25, -0.2) is 0 Å². The minimum Gasteiger partial charge on any atom is -0.493 e. The number of hydrogen-bond acceptors (Lipinski definition) is 5. The normalized spacial score (nSPS) is 10.9. The topological polar surface area (TPSA) is 73.9 Å². The molecule has 2 aromatic carbocycles. The molecule has 8 heteroatoms. The molecular formula is C22H23F2NO5. The maximum Gasteiger partial charge on any atom is 0.387 e. The first-order chi connectivity index (χ1) is 14.3. The lowest BCUT2D eigenvalue weighted by Gasteiger charge is -2.11. The zero-order chi connectivity index (χ0) is 22.1. The van der Waals surface area contributed by atoms with Crippen LogP contribution in [0.4, 0.5) is 8.78 Å². The molecule has 1 N–H and O–H groups in total. The van der Waals surface area contributed by atoms with Gasteiger partial charge < -0.3 is 19.5 Å². The van der Waals surface area contributed by atoms with Crippen molar-refractivity contribution in [2.75, 3.05) is 20.3 Å². The third-order valence-electron chi connectivity index (χ3n) is 3.96. The van der Waals surface area contributed by atoms with Crippen LogP contribution in [0.15, 0.2) is 42.5 Å². The Bertz CT molecular complexity index is 928. The Balaban J connectivity index is 2.17. The summed E-state index contributed by atoms with van der Waals surface area (Å²) in [6.07, 6.45) is 2.78. The van der Waals surface area contributed by atoms with Crippen molar-refractivity contribution < 1.29 is 32.6 Å². The first-order valence-electron chi connectivity index (χ1n) is 9.19. The van der Waals surface area contributed by atoms with Gasteiger partial charge in [0, 0.05) is 6.54 Å². The van der Waals surface area contributed by atoms with Gasteiger partial charge >= 0.3 is 6.61 Å². The van der Waals surface area contributed by atoms with Gasteiger partial charge in [-0.1, -0.05) is 23.8 Å². The van der Waals surface area contributed by atoms with Gasteiger partial charge in [-0.3, -0.25) is 9.59 Å². The SMILES string of the molecule is CCNC(=O)COc1ccc(/C=C/C(=O)c2cc(C)ccc2OC(F)F)cc1OC. The third kappa shape index (κ3) is 6.58. The van der Waals surface area contributed by atoms with Crippen LogP contribution < -0.4 is 19.5 Å². The van der Waals surface area contributed by atoms with Gasteiger partial charge in [0.05, 0.1) is 12.7 Å². The molecule has 1 amide bonds. The van der Waals surface area contributed by atoms with Crippen molar-refractivity contribution in [2.24, 2.45) is 0 Å². The molecule has 2 aromatic rings. The van der Waals surface area contributed by atoms with Gasteiger partial charge in [0.15, 0.2) is 23.9 Å². The van der Waals surface area contributed by atoms with E-state index in [1.807, 2.05) is 0 Å². The summed E-state index contributed by atoms with van der Waals surface area (Å²) >= 11 is 0. The molecular weight excluding hydrogens is 396 g/mol. The predicted molar refractivity (Wildman–Crippen MR) is 108 cm³/mol. The average molecular weight is 419 g/mol. The van der Waals surface area contributed by atoms with Gasteiger partial charge in [-0.05, 0) is 49.8 Å². The number of likely N-dealkylation sites (N-methyl/N-ethyl adjacent to an activating group) is 1. The van der Waals surface area contributed by atoms with E-state index in [0.29, 0.717) is 23.6 Å². The molecule has 30 heavy (non-hydrogen) atoms. The van der Waals surface area contributed by atoms with Gasteiger partial charge in [-0.15, -0.1) is 0 Å². The number of hydrogen-bond donors (Lipinski definition) is 1. The summed E-state index contributed by atoms with van der Waals surface area (Å²) in [6.45, 7) is 0.872. The van der Waals surface area contributed by atoms with Crippen LogP contribution in [0.2, 0.25) is 0 Å². The Morgan fingerprint density at radius 3 is 2.50 bits per heavy atom. The number of ketones is 1. The van der Waals surface area contributed by atoms with Crippen molar-refractivity contribution in [1.29, 1.82) is 0 Å². The van der Waals surface area contributed by atoms with Crippen molar-refractivity contribution in [3.8, 4) is 17.2 Å². The lowest BCUT2D eigenvalue weighted by atomic mass is 10.1. The molecule has 0 fully saturated rings. The van der Waals surface area contributed by atoms with E-state index >= 15 is 0 Å². The molecule has 0 aliphatic heterocycles. The maximum atomic E-state index is 12.6. The summed E-state index contributed by atoms with van der Waals surface area (Å²) in [4.78, 5) is 24.1. The first-order valence-corrected chi connectivity index (χ1v) is 9.19. The molecule has 0 saturated carbocycles. The number of alkyl halides is 2. The zero-order valence-corrected chi connectivity index (χ0v) is 16.9. The van der Waals surface area contributed by atoms with Crippen LogP contribution in [0.25, 0.3) is 6.08 Å². The molecule has 160 valence electrons. The van der Waals surface area contributed by atoms with Gasteiger partial charge in [-0.2, -0.15) is 8.78 Å². The second-order valence-corrected chi connectivity index (χ2v) is 6.23. The molecule has 0 spiro atoms. The fraction of sp³-hybridized carbons (Fsp3) is 0.273. The highest BCUT2D eigenvalue weighted by Crippen LogP contribution is 2.29. The molecule has 0 aliphatic rings. The van der Waals surface area contributed by atoms with E-state index in [-0.39, 0.29) is 23.8 Å². The van der Waals surface area contributed by atoms with Crippen molar-refractivity contribution in [3.05, 3.63) is 59.2 Å². The van der Waals surface area contributed by atoms with Crippen molar-refractivity contribution in [3.63, 3.8) is 0 Å². The third-order valence-corrected chi connectivity index (χ3v) is 3.96. The van der Waals surface area contributed by atoms with E-state index in [0.717, 1.165) is 5.56 Å². The van der Waals surface area contributed by atoms with Crippen LogP contribution in [0.1, 0.15) is 28.4 Å². The zero-order valence-electron chi connectivity index (χ0n) is 16.9. The highest BCUT2D eigenvalue weighted by atomic mass is 19.3. The number of rotatable bonds is 10. The molecule has 0 atom stereocenters. The number of aryl methyl sites for hydroxylation is 1. The summed E-state index contributed by atoms with van der Waals surface area (Å²) in [5.41, 5.74) is 1.40. The fourth-order valence-corrected chi connectivity index (χ4v) is 2.60. The summed E-state index contributed by atoms with van der Waals surface area (Å²) < 4.78 is 40.3. The molecule has 0 bridgehead atoms. The number of halogens is 2. The first kappa shape index (κ1) is 22.9. The minimum atomic E-state index is -3.03. The molecule has 0 aliphatic carbocycles. The van der Waals surface area contributed by atoms with E-state index in [4.69, 9.17) is 9.47 Å². The summed E-state index contributed by atoms with van der Waals surface area (Å²) in [5.74, 6) is -0.166. The summed E-state index contributed by atoms with van der Waals surface area (Å²) in [5, 5.41) is 2.62. The van der Waals surface area contributed by atoms with E-state index < -0.39 is 12.4 Å². The van der Waals surface area contributed by atoms with Crippen molar-refractivity contribution in [1.82, 2.24) is 5.32 Å². The quantitative estimate of drug-likeness (QED) is 0.465.